The SMILES string of the molecule is Nc1nc2cccc(C(=O)O)c2c(=O)[nH]1. The molecule has 1 aromatic heterocycles. The van der Waals surface area contributed by atoms with Crippen molar-refractivity contribution in [1.82, 2.24) is 9.97 Å². The Morgan fingerprint density at radius 1 is 1.47 bits per heavy atom. The topological polar surface area (TPSA) is 109 Å². The highest BCUT2D eigenvalue weighted by Gasteiger charge is 2.12. The largest absolute Gasteiger partial charge is 0.478 e. The standard InChI is InChI=1S/C9H7N3O3/c10-9-11-5-3-1-2-4(8(14)15)6(5)7(13)12-9/h1-3H,(H,14,15)(H3,10,11,12,13). The monoisotopic (exact) mass is 205 g/mol. The Morgan fingerprint density at radius 2 is 2.20 bits per heavy atom. The molecule has 0 amide bonds. The van der Waals surface area contributed by atoms with E-state index >= 15 is 0 Å². The van der Waals surface area contributed by atoms with Crippen LogP contribution in [0.15, 0.2) is 23.0 Å². The maximum Gasteiger partial charge on any atom is 0.336 e. The number of aromatic amines is 1. The number of carbonyl (C=O) groups is 1. The molecule has 6 heteroatoms. The van der Waals surface area contributed by atoms with Crippen molar-refractivity contribution in [2.45, 2.75) is 0 Å². The number of nitrogens with two attached hydrogens (primary N) is 1. The molecule has 0 saturated heterocycles. The first-order valence-electron chi connectivity index (χ1n) is 4.11. The number of fused-ring (bicyclic) bond motifs is 1. The van der Waals surface area contributed by atoms with Crippen LogP contribution in [0.3, 0.4) is 0 Å². The first-order valence-corrected chi connectivity index (χ1v) is 4.11. The number of nitrogens with zero attached hydrogens (tertiary/aromatic N) is 1. The smallest absolute Gasteiger partial charge is 0.336 e. The van der Waals surface area contributed by atoms with Gasteiger partial charge in [-0.05, 0) is 12.1 Å². The number of nitrogens with one attached hydrogen (secondary N) is 1. The van der Waals surface area contributed by atoms with Crippen molar-refractivity contribution in [3.05, 3.63) is 34.1 Å². The molecule has 6 nitrogen and oxygen atoms in total. The summed E-state index contributed by atoms with van der Waals surface area (Å²) in [6.45, 7) is 0. The second kappa shape index (κ2) is 3.09. The van der Waals surface area contributed by atoms with Gasteiger partial charge in [0.25, 0.3) is 5.56 Å². The van der Waals surface area contributed by atoms with Gasteiger partial charge < -0.3 is 10.8 Å². The fourth-order valence-corrected chi connectivity index (χ4v) is 1.39. The van der Waals surface area contributed by atoms with Crippen molar-refractivity contribution in [2.75, 3.05) is 5.73 Å². The Kier molecular flexibility index (Phi) is 1.89. The lowest BCUT2D eigenvalue weighted by Crippen LogP contribution is -2.14. The van der Waals surface area contributed by atoms with Gasteiger partial charge in [0.15, 0.2) is 0 Å². The van der Waals surface area contributed by atoms with Crippen LogP contribution in [0.4, 0.5) is 5.95 Å². The third-order valence-corrected chi connectivity index (χ3v) is 1.98. The van der Waals surface area contributed by atoms with Gasteiger partial charge in [-0.1, -0.05) is 6.07 Å². The molecule has 76 valence electrons. The maximum absolute atomic E-state index is 11.5. The summed E-state index contributed by atoms with van der Waals surface area (Å²) in [5, 5.41) is 8.91. The van der Waals surface area contributed by atoms with Crippen molar-refractivity contribution in [2.24, 2.45) is 0 Å². The molecule has 15 heavy (non-hydrogen) atoms. The third-order valence-electron chi connectivity index (χ3n) is 1.98. The Balaban J connectivity index is 2.98. The minimum atomic E-state index is -1.17. The van der Waals surface area contributed by atoms with Gasteiger partial charge in [0, 0.05) is 0 Å². The van der Waals surface area contributed by atoms with Gasteiger partial charge in [-0.25, -0.2) is 9.78 Å². The Bertz CT molecular complexity index is 603. The Morgan fingerprint density at radius 3 is 2.87 bits per heavy atom. The van der Waals surface area contributed by atoms with E-state index in [1.54, 1.807) is 0 Å². The van der Waals surface area contributed by atoms with E-state index < -0.39 is 11.5 Å². The zero-order valence-corrected chi connectivity index (χ0v) is 7.52. The van der Waals surface area contributed by atoms with Crippen LogP contribution in [0, 0.1) is 0 Å². The molecule has 0 atom stereocenters. The second-order valence-corrected chi connectivity index (χ2v) is 2.96. The van der Waals surface area contributed by atoms with Crippen molar-refractivity contribution in [3.8, 4) is 0 Å². The van der Waals surface area contributed by atoms with Crippen LogP contribution >= 0.6 is 0 Å². The van der Waals surface area contributed by atoms with E-state index in [1.807, 2.05) is 0 Å². The van der Waals surface area contributed by atoms with Crippen LogP contribution in [0.1, 0.15) is 10.4 Å². The lowest BCUT2D eigenvalue weighted by molar-refractivity contribution is 0.0699. The van der Waals surface area contributed by atoms with Crippen LogP contribution in [-0.4, -0.2) is 21.0 Å². The Labute approximate surface area is 83.4 Å². The number of hydrogen-bond donors (Lipinski definition) is 3. The van der Waals surface area contributed by atoms with Crippen molar-refractivity contribution in [1.29, 1.82) is 0 Å². The second-order valence-electron chi connectivity index (χ2n) is 2.96. The van der Waals surface area contributed by atoms with Gasteiger partial charge in [0.1, 0.15) is 0 Å². The summed E-state index contributed by atoms with van der Waals surface area (Å²) in [6.07, 6.45) is 0. The van der Waals surface area contributed by atoms with Crippen LogP contribution < -0.4 is 11.3 Å². The molecule has 0 radical (unpaired) electrons. The van der Waals surface area contributed by atoms with Crippen LogP contribution in [-0.2, 0) is 0 Å². The number of hydrogen-bond acceptors (Lipinski definition) is 4. The van der Waals surface area contributed by atoms with E-state index in [0.29, 0.717) is 0 Å². The van der Waals surface area contributed by atoms with Gasteiger partial charge in [-0.15, -0.1) is 0 Å². The van der Waals surface area contributed by atoms with Crippen molar-refractivity contribution >= 4 is 22.8 Å². The number of carboxylic acids is 1. The molecule has 2 rings (SSSR count). The summed E-state index contributed by atoms with van der Waals surface area (Å²) in [7, 11) is 0. The van der Waals surface area contributed by atoms with Crippen LogP contribution in [0.2, 0.25) is 0 Å². The number of H-pyrrole nitrogens is 1. The molecule has 4 N–H and O–H groups in total. The van der Waals surface area contributed by atoms with Crippen molar-refractivity contribution in [3.63, 3.8) is 0 Å². The van der Waals surface area contributed by atoms with E-state index in [1.165, 1.54) is 18.2 Å². The lowest BCUT2D eigenvalue weighted by Gasteiger charge is -2.01. The predicted octanol–water partition coefficient (Wildman–Crippen LogP) is 0.203. The first-order chi connectivity index (χ1) is 7.09. The van der Waals surface area contributed by atoms with Crippen molar-refractivity contribution < 1.29 is 9.90 Å². The van der Waals surface area contributed by atoms with E-state index in [2.05, 4.69) is 9.97 Å². The number of anilines is 1. The molecular weight excluding hydrogens is 198 g/mol. The molecule has 0 unspecified atom stereocenters. The molecule has 0 bridgehead atoms. The third kappa shape index (κ3) is 1.41. The van der Waals surface area contributed by atoms with E-state index in [0.717, 1.165) is 0 Å². The number of nitrogen functional groups attached to an aromatic ring is 1. The van der Waals surface area contributed by atoms with Gasteiger partial charge in [0.05, 0.1) is 16.5 Å². The average Bonchev–Trinajstić information content (AvgIpc) is 2.16. The molecule has 1 heterocycles. The summed E-state index contributed by atoms with van der Waals surface area (Å²) >= 11 is 0. The Hall–Kier alpha value is -2.37. The molecule has 0 aliphatic carbocycles. The first kappa shape index (κ1) is 9.20. The molecule has 2 aromatic rings. The lowest BCUT2D eigenvalue weighted by atomic mass is 10.1. The fourth-order valence-electron chi connectivity index (χ4n) is 1.39. The van der Waals surface area contributed by atoms with Crippen LogP contribution in [0.25, 0.3) is 10.9 Å². The fraction of sp³-hybridized carbons (Fsp3) is 0. The molecule has 0 fully saturated rings. The minimum absolute atomic E-state index is 0.0324. The highest BCUT2D eigenvalue weighted by Crippen LogP contribution is 2.13. The summed E-state index contributed by atoms with van der Waals surface area (Å²) in [6, 6.07) is 4.39. The minimum Gasteiger partial charge on any atom is -0.478 e. The summed E-state index contributed by atoms with van der Waals surface area (Å²) in [5.74, 6) is -1.20. The van der Waals surface area contributed by atoms with Gasteiger partial charge in [-0.2, -0.15) is 0 Å². The van der Waals surface area contributed by atoms with E-state index in [9.17, 15) is 9.59 Å². The van der Waals surface area contributed by atoms with Gasteiger partial charge in [0.2, 0.25) is 5.95 Å². The molecule has 0 saturated carbocycles. The normalized spacial score (nSPS) is 10.4. The van der Waals surface area contributed by atoms with Gasteiger partial charge in [-0.3, -0.25) is 9.78 Å². The van der Waals surface area contributed by atoms with Gasteiger partial charge >= 0.3 is 5.97 Å². The number of benzene rings is 1. The summed E-state index contributed by atoms with van der Waals surface area (Å²) in [5.41, 5.74) is 4.98. The number of aromatic nitrogens is 2. The highest BCUT2D eigenvalue weighted by molar-refractivity contribution is 6.02. The average molecular weight is 205 g/mol. The highest BCUT2D eigenvalue weighted by atomic mass is 16.4. The predicted molar refractivity (Wildman–Crippen MR) is 53.7 cm³/mol. The summed E-state index contributed by atoms with van der Waals surface area (Å²) < 4.78 is 0. The quantitative estimate of drug-likeness (QED) is 0.616. The maximum atomic E-state index is 11.5. The number of rotatable bonds is 1. The van der Waals surface area contributed by atoms with E-state index in [-0.39, 0.29) is 22.4 Å². The van der Waals surface area contributed by atoms with E-state index in [4.69, 9.17) is 10.8 Å². The summed E-state index contributed by atoms with van der Waals surface area (Å²) in [4.78, 5) is 28.4. The molecule has 1 aromatic carbocycles. The molecular formula is C9H7N3O3. The zero-order chi connectivity index (χ0) is 11.0. The zero-order valence-electron chi connectivity index (χ0n) is 7.52. The molecule has 0 aliphatic rings. The number of carboxylic acid groups (broad SMARTS) is 1. The molecule has 0 spiro atoms. The molecule has 0 aliphatic heterocycles. The van der Waals surface area contributed by atoms with Crippen LogP contribution in [0.5, 0.6) is 0 Å². The number of aromatic carboxylic acids is 1.